The highest BCUT2D eigenvalue weighted by molar-refractivity contribution is 7.11. The molecular weight excluding hydrogens is 346 g/mol. The first kappa shape index (κ1) is 20.7. The Hall–Kier alpha value is -1.63. The number of amides is 1. The van der Waals surface area contributed by atoms with E-state index >= 15 is 0 Å². The van der Waals surface area contributed by atoms with Gasteiger partial charge in [0.25, 0.3) is 0 Å². The van der Waals surface area contributed by atoms with Gasteiger partial charge in [0.1, 0.15) is 0 Å². The molecule has 0 bridgehead atoms. The average molecular weight is 380 g/mol. The van der Waals surface area contributed by atoms with Crippen LogP contribution in [0.4, 0.5) is 0 Å². The third-order valence-corrected chi connectivity index (χ3v) is 6.09. The highest BCUT2D eigenvalue weighted by atomic mass is 32.1. The van der Waals surface area contributed by atoms with E-state index < -0.39 is 0 Å². The number of thiazole rings is 1. The second-order valence-corrected chi connectivity index (χ2v) is 8.33. The highest BCUT2D eigenvalue weighted by Gasteiger charge is 2.42. The smallest absolute Gasteiger partial charge is 0.230 e. The fourth-order valence-corrected chi connectivity index (χ4v) is 4.31. The van der Waals surface area contributed by atoms with Crippen molar-refractivity contribution < 1.29 is 4.79 Å². The Morgan fingerprint density at radius 1 is 1.31 bits per heavy atom. The Balaban J connectivity index is 1.95. The van der Waals surface area contributed by atoms with Gasteiger partial charge >= 0.3 is 0 Å². The van der Waals surface area contributed by atoms with E-state index in [0.717, 1.165) is 62.6 Å². The van der Waals surface area contributed by atoms with Gasteiger partial charge in [-0.15, -0.1) is 11.3 Å². The fourth-order valence-electron chi connectivity index (χ4n) is 3.45. The Bertz CT molecular complexity index is 605. The molecule has 26 heavy (non-hydrogen) atoms. The van der Waals surface area contributed by atoms with Gasteiger partial charge in [-0.1, -0.05) is 19.8 Å². The van der Waals surface area contributed by atoms with Crippen LogP contribution >= 0.6 is 11.3 Å². The minimum absolute atomic E-state index is 0.212. The lowest BCUT2D eigenvalue weighted by Crippen LogP contribution is -2.43. The van der Waals surface area contributed by atoms with Crippen LogP contribution in [-0.4, -0.2) is 55.5 Å². The van der Waals surface area contributed by atoms with Gasteiger partial charge in [-0.25, -0.2) is 4.98 Å². The van der Waals surface area contributed by atoms with Crippen LogP contribution in [0, 0.1) is 5.41 Å². The summed E-state index contributed by atoms with van der Waals surface area (Å²) in [6.45, 7) is 6.35. The van der Waals surface area contributed by atoms with Crippen LogP contribution in [0.15, 0.2) is 11.2 Å². The molecule has 1 aromatic rings. The third-order valence-electron chi connectivity index (χ3n) is 4.89. The molecule has 146 valence electrons. The summed E-state index contributed by atoms with van der Waals surface area (Å²) < 4.78 is 0. The Morgan fingerprint density at radius 2 is 2.04 bits per heavy atom. The fraction of sp³-hybridized carbons (Fsp3) is 0.737. The number of hydrogen-bond donors (Lipinski definition) is 2. The first-order valence-corrected chi connectivity index (χ1v) is 10.5. The van der Waals surface area contributed by atoms with Crippen molar-refractivity contribution in [1.29, 1.82) is 0 Å². The van der Waals surface area contributed by atoms with Gasteiger partial charge in [0.05, 0.1) is 17.0 Å². The molecule has 0 saturated heterocycles. The summed E-state index contributed by atoms with van der Waals surface area (Å²) in [5.41, 5.74) is -0.322. The zero-order valence-corrected chi connectivity index (χ0v) is 17.4. The summed E-state index contributed by atoms with van der Waals surface area (Å²) in [5.74, 6) is 1.00. The van der Waals surface area contributed by atoms with Crippen molar-refractivity contribution >= 4 is 23.2 Å². The number of carbonyl (C=O) groups is 1. The lowest BCUT2D eigenvalue weighted by Gasteiger charge is -2.29. The molecule has 6 nitrogen and oxygen atoms in total. The van der Waals surface area contributed by atoms with Crippen molar-refractivity contribution in [3.63, 3.8) is 0 Å². The number of aliphatic imine (C=N–C) groups is 1. The summed E-state index contributed by atoms with van der Waals surface area (Å²) in [7, 11) is 3.68. The first-order valence-electron chi connectivity index (χ1n) is 9.68. The van der Waals surface area contributed by atoms with Crippen LogP contribution < -0.4 is 10.6 Å². The minimum Gasteiger partial charge on any atom is -0.357 e. The summed E-state index contributed by atoms with van der Waals surface area (Å²) in [5, 5.41) is 7.83. The van der Waals surface area contributed by atoms with Crippen molar-refractivity contribution in [2.24, 2.45) is 10.4 Å². The Morgan fingerprint density at radius 3 is 2.62 bits per heavy atom. The Labute approximate surface area is 161 Å². The molecule has 1 aromatic heterocycles. The first-order chi connectivity index (χ1) is 12.5. The van der Waals surface area contributed by atoms with Gasteiger partial charge in [0, 0.05) is 44.7 Å². The molecule has 1 saturated carbocycles. The molecule has 0 spiro atoms. The third kappa shape index (κ3) is 5.43. The van der Waals surface area contributed by atoms with E-state index in [1.807, 2.05) is 20.3 Å². The minimum atomic E-state index is -0.322. The van der Waals surface area contributed by atoms with Crippen molar-refractivity contribution in [3.8, 4) is 0 Å². The number of aryl methyl sites for hydroxylation is 1. The van der Waals surface area contributed by atoms with Gasteiger partial charge in [0.2, 0.25) is 5.91 Å². The van der Waals surface area contributed by atoms with E-state index in [-0.39, 0.29) is 11.3 Å². The summed E-state index contributed by atoms with van der Waals surface area (Å²) in [4.78, 5) is 24.9. The van der Waals surface area contributed by atoms with E-state index in [1.54, 1.807) is 16.2 Å². The van der Waals surface area contributed by atoms with Crippen LogP contribution in [0.2, 0.25) is 0 Å². The van der Waals surface area contributed by atoms with Crippen molar-refractivity contribution in [2.75, 3.05) is 33.7 Å². The molecule has 1 fully saturated rings. The number of nitrogens with zero attached hydrogens (tertiary/aromatic N) is 3. The van der Waals surface area contributed by atoms with Crippen LogP contribution in [0.1, 0.15) is 49.4 Å². The number of carbonyl (C=O) groups excluding carboxylic acids is 1. The van der Waals surface area contributed by atoms with Crippen LogP contribution in [0.25, 0.3) is 0 Å². The van der Waals surface area contributed by atoms with Crippen LogP contribution in [-0.2, 0) is 17.6 Å². The summed E-state index contributed by atoms with van der Waals surface area (Å²) in [6, 6.07) is 0. The monoisotopic (exact) mass is 379 g/mol. The molecule has 0 atom stereocenters. The molecule has 0 radical (unpaired) electrons. The SMILES string of the molecule is CCNC(=NCC1(C(=O)N(C)C)CCCC1)NCCc1ncc(CC)s1. The maximum atomic E-state index is 12.7. The van der Waals surface area contributed by atoms with Crippen molar-refractivity contribution in [2.45, 2.75) is 52.4 Å². The molecular formula is C19H33N5OS. The predicted octanol–water partition coefficient (Wildman–Crippen LogP) is 2.45. The van der Waals surface area contributed by atoms with Gasteiger partial charge in [-0.05, 0) is 26.2 Å². The van der Waals surface area contributed by atoms with Gasteiger partial charge in [0.15, 0.2) is 5.96 Å². The second-order valence-electron chi connectivity index (χ2n) is 7.13. The lowest BCUT2D eigenvalue weighted by atomic mass is 9.85. The van der Waals surface area contributed by atoms with E-state index in [0.29, 0.717) is 6.54 Å². The van der Waals surface area contributed by atoms with Crippen LogP contribution in [0.5, 0.6) is 0 Å². The highest BCUT2D eigenvalue weighted by Crippen LogP contribution is 2.39. The molecule has 1 aliphatic rings. The molecule has 2 N–H and O–H groups in total. The number of rotatable bonds is 8. The zero-order valence-electron chi connectivity index (χ0n) is 16.6. The van der Waals surface area contributed by atoms with E-state index in [9.17, 15) is 4.79 Å². The molecule has 0 unspecified atom stereocenters. The molecule has 0 aliphatic heterocycles. The van der Waals surface area contributed by atoms with Gasteiger partial charge < -0.3 is 15.5 Å². The molecule has 1 amide bonds. The zero-order chi connectivity index (χ0) is 19.0. The summed E-state index contributed by atoms with van der Waals surface area (Å²) >= 11 is 1.78. The molecule has 1 heterocycles. The van der Waals surface area contributed by atoms with Crippen molar-refractivity contribution in [3.05, 3.63) is 16.1 Å². The predicted molar refractivity (Wildman–Crippen MR) is 109 cm³/mol. The number of aromatic nitrogens is 1. The molecule has 2 rings (SSSR count). The molecule has 0 aromatic carbocycles. The number of guanidine groups is 1. The number of nitrogens with one attached hydrogen (secondary N) is 2. The molecule has 1 aliphatic carbocycles. The standard InChI is InChI=1S/C19H33N5OS/c1-5-15-13-22-16(26-15)9-12-21-18(20-6-2)23-14-19(10-7-8-11-19)17(25)24(3)4/h13H,5-12,14H2,1-4H3,(H2,20,21,23). The molecule has 7 heteroatoms. The van der Waals surface area contributed by atoms with E-state index in [4.69, 9.17) is 4.99 Å². The topological polar surface area (TPSA) is 69.6 Å². The van der Waals surface area contributed by atoms with Gasteiger partial charge in [-0.2, -0.15) is 0 Å². The maximum Gasteiger partial charge on any atom is 0.230 e. The van der Waals surface area contributed by atoms with Crippen molar-refractivity contribution in [1.82, 2.24) is 20.5 Å². The van der Waals surface area contributed by atoms with E-state index in [2.05, 4.69) is 29.5 Å². The van der Waals surface area contributed by atoms with E-state index in [1.165, 1.54) is 4.88 Å². The maximum absolute atomic E-state index is 12.7. The normalized spacial score (nSPS) is 16.5. The lowest BCUT2D eigenvalue weighted by molar-refractivity contribution is -0.138. The summed E-state index contributed by atoms with van der Waals surface area (Å²) in [6.07, 6.45) is 7.99. The largest absolute Gasteiger partial charge is 0.357 e. The average Bonchev–Trinajstić information content (AvgIpc) is 3.29. The number of hydrogen-bond acceptors (Lipinski definition) is 4. The van der Waals surface area contributed by atoms with Gasteiger partial charge in [-0.3, -0.25) is 9.79 Å². The van der Waals surface area contributed by atoms with Crippen LogP contribution in [0.3, 0.4) is 0 Å². The second kappa shape index (κ2) is 9.90. The Kier molecular flexibility index (Phi) is 7.87. The quantitative estimate of drug-likeness (QED) is 0.538.